The van der Waals surface area contributed by atoms with E-state index in [-0.39, 0.29) is 11.8 Å². The van der Waals surface area contributed by atoms with Gasteiger partial charge in [0.1, 0.15) is 11.5 Å². The molecule has 190 valence electrons. The number of ether oxygens (including phenoxy) is 1. The maximum Gasteiger partial charge on any atom is 0.254 e. The van der Waals surface area contributed by atoms with Gasteiger partial charge in [0.15, 0.2) is 0 Å². The fourth-order valence-corrected chi connectivity index (χ4v) is 4.93. The number of carbonyl (C=O) groups excluding carboxylic acids is 2. The molecule has 1 N–H and O–H groups in total. The first-order chi connectivity index (χ1) is 18.5. The minimum atomic E-state index is -0.604. The van der Waals surface area contributed by atoms with Crippen molar-refractivity contribution in [2.45, 2.75) is 12.0 Å². The van der Waals surface area contributed by atoms with Gasteiger partial charge < -0.3 is 19.5 Å². The maximum absolute atomic E-state index is 13.9. The Morgan fingerprint density at radius 2 is 1.63 bits per heavy atom. The van der Waals surface area contributed by atoms with Crippen LogP contribution in [0.4, 0.5) is 5.69 Å². The monoisotopic (exact) mass is 503 g/mol. The average Bonchev–Trinajstić information content (AvgIpc) is 3.30. The summed E-state index contributed by atoms with van der Waals surface area (Å²) in [6.07, 6.45) is 7.50. The number of allylic oxidation sites excluding steroid dienone is 2. The fourth-order valence-electron chi connectivity index (χ4n) is 4.93. The number of aromatic nitrogens is 1. The molecule has 1 aliphatic heterocycles. The molecule has 1 aliphatic rings. The van der Waals surface area contributed by atoms with Crippen molar-refractivity contribution >= 4 is 23.6 Å². The third kappa shape index (κ3) is 4.89. The van der Waals surface area contributed by atoms with Gasteiger partial charge in [-0.25, -0.2) is 0 Å². The van der Waals surface area contributed by atoms with Crippen LogP contribution in [0.15, 0.2) is 110 Å². The molecule has 5 rings (SSSR count). The number of hydrogen-bond donors (Lipinski definition) is 1. The van der Waals surface area contributed by atoms with Crippen molar-refractivity contribution in [3.8, 4) is 11.5 Å². The molecule has 4 aromatic rings. The summed E-state index contributed by atoms with van der Waals surface area (Å²) in [6, 6.07) is 25.7. The van der Waals surface area contributed by atoms with E-state index in [4.69, 9.17) is 4.74 Å². The van der Waals surface area contributed by atoms with Crippen LogP contribution in [0.2, 0.25) is 0 Å². The van der Waals surface area contributed by atoms with Crippen molar-refractivity contribution in [3.63, 3.8) is 0 Å². The number of hydrogen-bond acceptors (Lipinski definition) is 3. The molecule has 0 saturated heterocycles. The Labute approximate surface area is 222 Å². The molecule has 0 spiro atoms. The SMILES string of the molecule is C=C/C=C\c1cc(C2C(C(=O)Nc3ccc(Oc4ccccc4)cc3)c3ccccc3C(=O)N2C)cn1C. The van der Waals surface area contributed by atoms with E-state index in [0.717, 1.165) is 17.0 Å². The molecule has 6 nitrogen and oxygen atoms in total. The van der Waals surface area contributed by atoms with E-state index in [9.17, 15) is 9.59 Å². The predicted octanol–water partition coefficient (Wildman–Crippen LogP) is 6.57. The summed E-state index contributed by atoms with van der Waals surface area (Å²) < 4.78 is 7.85. The number of carbonyl (C=O) groups is 2. The summed E-state index contributed by atoms with van der Waals surface area (Å²) in [5.41, 5.74) is 3.74. The predicted molar refractivity (Wildman–Crippen MR) is 150 cm³/mol. The Bertz CT molecular complexity index is 1500. The highest BCUT2D eigenvalue weighted by molar-refractivity contribution is 6.04. The van der Waals surface area contributed by atoms with Gasteiger partial charge in [-0.2, -0.15) is 0 Å². The van der Waals surface area contributed by atoms with Gasteiger partial charge in [-0.1, -0.05) is 55.1 Å². The van der Waals surface area contributed by atoms with Crippen molar-refractivity contribution in [1.82, 2.24) is 9.47 Å². The van der Waals surface area contributed by atoms with Crippen LogP contribution in [0, 0.1) is 0 Å². The zero-order chi connectivity index (χ0) is 26.6. The quantitative estimate of drug-likeness (QED) is 0.290. The fraction of sp³-hybridized carbons (Fsp3) is 0.125. The minimum Gasteiger partial charge on any atom is -0.457 e. The van der Waals surface area contributed by atoms with Crippen LogP contribution in [-0.2, 0) is 11.8 Å². The first kappa shape index (κ1) is 24.8. The lowest BCUT2D eigenvalue weighted by atomic mass is 9.80. The second-order valence-corrected chi connectivity index (χ2v) is 9.26. The smallest absolute Gasteiger partial charge is 0.254 e. The maximum atomic E-state index is 13.9. The van der Waals surface area contributed by atoms with Crippen LogP contribution < -0.4 is 10.1 Å². The van der Waals surface area contributed by atoms with Gasteiger partial charge >= 0.3 is 0 Å². The molecule has 0 aliphatic carbocycles. The topological polar surface area (TPSA) is 63.6 Å². The number of para-hydroxylation sites is 1. The third-order valence-electron chi connectivity index (χ3n) is 6.77. The Kier molecular flexibility index (Phi) is 6.96. The number of rotatable bonds is 7. The summed E-state index contributed by atoms with van der Waals surface area (Å²) in [5.74, 6) is 0.510. The average molecular weight is 504 g/mol. The number of nitrogens with one attached hydrogen (secondary N) is 1. The molecule has 0 bridgehead atoms. The number of likely N-dealkylation sites (N-methyl/N-ethyl adjacent to an activating group) is 1. The van der Waals surface area contributed by atoms with Gasteiger partial charge in [0.2, 0.25) is 5.91 Å². The van der Waals surface area contributed by atoms with Gasteiger partial charge in [0, 0.05) is 37.2 Å². The van der Waals surface area contributed by atoms with E-state index in [1.807, 2.05) is 109 Å². The Balaban J connectivity index is 1.46. The molecule has 1 aromatic heterocycles. The van der Waals surface area contributed by atoms with Crippen LogP contribution >= 0.6 is 0 Å². The number of benzene rings is 3. The Hall–Kier alpha value is -4.84. The third-order valence-corrected chi connectivity index (χ3v) is 6.77. The minimum absolute atomic E-state index is 0.107. The van der Waals surface area contributed by atoms with E-state index in [2.05, 4.69) is 11.9 Å². The highest BCUT2D eigenvalue weighted by Crippen LogP contribution is 2.43. The molecule has 2 atom stereocenters. The Morgan fingerprint density at radius 3 is 2.37 bits per heavy atom. The molecular weight excluding hydrogens is 474 g/mol. The second-order valence-electron chi connectivity index (χ2n) is 9.26. The Morgan fingerprint density at radius 1 is 0.947 bits per heavy atom. The zero-order valence-electron chi connectivity index (χ0n) is 21.4. The van der Waals surface area contributed by atoms with Crippen molar-refractivity contribution in [3.05, 3.63) is 132 Å². The second kappa shape index (κ2) is 10.6. The summed E-state index contributed by atoms with van der Waals surface area (Å²) >= 11 is 0. The highest BCUT2D eigenvalue weighted by atomic mass is 16.5. The molecule has 6 heteroatoms. The molecule has 0 fully saturated rings. The van der Waals surface area contributed by atoms with Gasteiger partial charge in [0.05, 0.1) is 12.0 Å². The molecule has 2 amide bonds. The van der Waals surface area contributed by atoms with E-state index in [1.54, 1.807) is 24.1 Å². The van der Waals surface area contributed by atoms with Crippen LogP contribution in [0.5, 0.6) is 11.5 Å². The van der Waals surface area contributed by atoms with Gasteiger partial charge in [-0.3, -0.25) is 9.59 Å². The van der Waals surface area contributed by atoms with E-state index in [1.165, 1.54) is 0 Å². The lowest BCUT2D eigenvalue weighted by Crippen LogP contribution is -2.43. The highest BCUT2D eigenvalue weighted by Gasteiger charge is 2.43. The molecule has 0 saturated carbocycles. The molecule has 3 aromatic carbocycles. The molecular formula is C32H29N3O3. The van der Waals surface area contributed by atoms with Crippen molar-refractivity contribution < 1.29 is 14.3 Å². The summed E-state index contributed by atoms with van der Waals surface area (Å²) in [6.45, 7) is 3.74. The normalized spacial score (nSPS) is 16.8. The number of aryl methyl sites for hydroxylation is 1. The molecule has 0 radical (unpaired) electrons. The van der Waals surface area contributed by atoms with Gasteiger partial charge in [-0.05, 0) is 65.7 Å². The molecule has 2 heterocycles. The summed E-state index contributed by atoms with van der Waals surface area (Å²) in [7, 11) is 3.70. The van der Waals surface area contributed by atoms with Crippen molar-refractivity contribution in [1.29, 1.82) is 0 Å². The van der Waals surface area contributed by atoms with Crippen LogP contribution in [-0.4, -0.2) is 28.3 Å². The standard InChI is InChI=1S/C32H29N3O3/c1-4-5-11-24-20-22(21-34(24)2)30-29(27-14-9-10-15-28(27)32(37)35(30)3)31(36)33-23-16-18-26(19-17-23)38-25-12-7-6-8-13-25/h4-21,29-30H,1H2,2-3H3,(H,33,36)/b11-5-. The first-order valence-electron chi connectivity index (χ1n) is 12.4. The zero-order valence-corrected chi connectivity index (χ0v) is 21.4. The van der Waals surface area contributed by atoms with Crippen LogP contribution in [0.3, 0.4) is 0 Å². The molecule has 2 unspecified atom stereocenters. The van der Waals surface area contributed by atoms with E-state index in [0.29, 0.717) is 22.6 Å². The number of anilines is 1. The van der Waals surface area contributed by atoms with Crippen LogP contribution in [0.25, 0.3) is 6.08 Å². The van der Waals surface area contributed by atoms with E-state index >= 15 is 0 Å². The number of nitrogens with zero attached hydrogens (tertiary/aromatic N) is 2. The van der Waals surface area contributed by atoms with Crippen molar-refractivity contribution in [2.24, 2.45) is 7.05 Å². The largest absolute Gasteiger partial charge is 0.457 e. The summed E-state index contributed by atoms with van der Waals surface area (Å²) in [5, 5.41) is 3.07. The lowest BCUT2D eigenvalue weighted by molar-refractivity contribution is -0.119. The van der Waals surface area contributed by atoms with Gasteiger partial charge in [0.25, 0.3) is 5.91 Å². The molecule has 38 heavy (non-hydrogen) atoms. The van der Waals surface area contributed by atoms with E-state index < -0.39 is 12.0 Å². The van der Waals surface area contributed by atoms with Crippen molar-refractivity contribution in [2.75, 3.05) is 12.4 Å². The first-order valence-corrected chi connectivity index (χ1v) is 12.4. The van der Waals surface area contributed by atoms with Gasteiger partial charge in [-0.15, -0.1) is 0 Å². The van der Waals surface area contributed by atoms with Crippen LogP contribution in [0.1, 0.15) is 39.1 Å². The number of fused-ring (bicyclic) bond motifs is 1. The number of amides is 2. The lowest BCUT2D eigenvalue weighted by Gasteiger charge is -2.39. The summed E-state index contributed by atoms with van der Waals surface area (Å²) in [4.78, 5) is 28.9.